The molecular weight excluding hydrogens is 445 g/mol. The quantitative estimate of drug-likeness (QED) is 0.541. The van der Waals surface area contributed by atoms with Crippen molar-refractivity contribution in [3.8, 4) is 0 Å². The van der Waals surface area contributed by atoms with Gasteiger partial charge < -0.3 is 9.80 Å². The molecule has 2 fully saturated rings. The molecule has 0 unspecified atom stereocenters. The van der Waals surface area contributed by atoms with Gasteiger partial charge in [-0.15, -0.1) is 0 Å². The largest absolute Gasteiger partial charge is 0.433 e. The fourth-order valence-electron chi connectivity index (χ4n) is 4.78. The third kappa shape index (κ3) is 4.30. The highest BCUT2D eigenvalue weighted by atomic mass is 19.4. The number of anilines is 2. The van der Waals surface area contributed by atoms with Gasteiger partial charge in [0.25, 0.3) is 6.43 Å². The first-order valence-corrected chi connectivity index (χ1v) is 10.7. The third-order valence-electron chi connectivity index (χ3n) is 6.63. The maximum atomic E-state index is 12.8. The van der Waals surface area contributed by atoms with Crippen molar-refractivity contribution < 1.29 is 22.0 Å². The van der Waals surface area contributed by atoms with E-state index < -0.39 is 24.8 Å². The maximum Gasteiger partial charge on any atom is 0.433 e. The number of nitrogens with zero attached hydrogens (tertiary/aromatic N) is 7. The molecule has 1 spiro atoms. The van der Waals surface area contributed by atoms with Gasteiger partial charge in [-0.05, 0) is 36.8 Å². The van der Waals surface area contributed by atoms with Crippen molar-refractivity contribution in [2.45, 2.75) is 38.4 Å². The Morgan fingerprint density at radius 1 is 0.939 bits per heavy atom. The van der Waals surface area contributed by atoms with Gasteiger partial charge in [-0.2, -0.15) is 18.3 Å². The molecule has 0 atom stereocenters. The van der Waals surface area contributed by atoms with Crippen LogP contribution < -0.4 is 9.80 Å². The van der Waals surface area contributed by atoms with Crippen LogP contribution in [0.4, 0.5) is 33.5 Å². The molecule has 5 rings (SSSR count). The molecule has 0 aliphatic carbocycles. The fraction of sp³-hybridized carbons (Fsp3) is 0.524. The molecule has 33 heavy (non-hydrogen) atoms. The predicted molar refractivity (Wildman–Crippen MR) is 111 cm³/mol. The Balaban J connectivity index is 1.25. The Morgan fingerprint density at radius 3 is 2.30 bits per heavy atom. The predicted octanol–water partition coefficient (Wildman–Crippen LogP) is 4.00. The zero-order valence-electron chi connectivity index (χ0n) is 17.6. The van der Waals surface area contributed by atoms with Gasteiger partial charge in [-0.1, -0.05) is 0 Å². The van der Waals surface area contributed by atoms with Gasteiger partial charge in [0.1, 0.15) is 23.6 Å². The van der Waals surface area contributed by atoms with Crippen molar-refractivity contribution in [2.24, 2.45) is 5.41 Å². The summed E-state index contributed by atoms with van der Waals surface area (Å²) >= 11 is 0. The van der Waals surface area contributed by atoms with Crippen LogP contribution in [0.1, 0.15) is 25.0 Å². The molecule has 5 heterocycles. The summed E-state index contributed by atoms with van der Waals surface area (Å²) in [6.07, 6.45) is 0.147. The second kappa shape index (κ2) is 8.07. The van der Waals surface area contributed by atoms with E-state index in [-0.39, 0.29) is 5.41 Å². The molecule has 12 heteroatoms. The number of pyridine rings is 1. The molecule has 2 aliphatic heterocycles. The van der Waals surface area contributed by atoms with E-state index in [0.717, 1.165) is 51.5 Å². The van der Waals surface area contributed by atoms with Crippen LogP contribution in [-0.2, 0) is 12.7 Å². The third-order valence-corrected chi connectivity index (χ3v) is 6.63. The summed E-state index contributed by atoms with van der Waals surface area (Å²) in [6.45, 7) is 2.49. The first-order valence-electron chi connectivity index (χ1n) is 10.7. The van der Waals surface area contributed by atoms with Gasteiger partial charge in [-0.3, -0.25) is 0 Å². The molecule has 0 aromatic carbocycles. The number of piperidine rings is 1. The number of fused-ring (bicyclic) bond motifs is 1. The van der Waals surface area contributed by atoms with Crippen molar-refractivity contribution in [2.75, 3.05) is 36.0 Å². The number of rotatable bonds is 4. The van der Waals surface area contributed by atoms with E-state index in [4.69, 9.17) is 0 Å². The van der Waals surface area contributed by atoms with Gasteiger partial charge >= 0.3 is 6.18 Å². The Morgan fingerprint density at radius 2 is 1.67 bits per heavy atom. The first-order chi connectivity index (χ1) is 15.7. The van der Waals surface area contributed by atoms with Gasteiger partial charge in [0.05, 0.1) is 24.3 Å². The van der Waals surface area contributed by atoms with E-state index in [0.29, 0.717) is 22.7 Å². The molecule has 3 aromatic rings. The van der Waals surface area contributed by atoms with Crippen LogP contribution >= 0.6 is 0 Å². The van der Waals surface area contributed by atoms with Gasteiger partial charge in [-0.25, -0.2) is 28.4 Å². The summed E-state index contributed by atoms with van der Waals surface area (Å²) in [5.41, 5.74) is 0.705. The average molecular weight is 467 g/mol. The maximum absolute atomic E-state index is 12.8. The highest BCUT2D eigenvalue weighted by Crippen LogP contribution is 2.42. The van der Waals surface area contributed by atoms with E-state index in [1.54, 1.807) is 6.20 Å². The zero-order chi connectivity index (χ0) is 23.2. The van der Waals surface area contributed by atoms with Crippen LogP contribution in [0.3, 0.4) is 0 Å². The lowest BCUT2D eigenvalue weighted by Crippen LogP contribution is -2.41. The fourth-order valence-corrected chi connectivity index (χ4v) is 4.78. The summed E-state index contributed by atoms with van der Waals surface area (Å²) in [4.78, 5) is 16.7. The second-order valence-electron chi connectivity index (χ2n) is 8.71. The highest BCUT2D eigenvalue weighted by Gasteiger charge is 2.41. The van der Waals surface area contributed by atoms with E-state index in [1.807, 2.05) is 0 Å². The number of alkyl halides is 5. The topological polar surface area (TPSA) is 63.0 Å². The number of hydrogen-bond donors (Lipinski definition) is 0. The van der Waals surface area contributed by atoms with Crippen LogP contribution in [0.25, 0.3) is 11.2 Å². The molecular formula is C21H22F5N7. The summed E-state index contributed by atoms with van der Waals surface area (Å²) < 4.78 is 65.1. The number of hydrogen-bond acceptors (Lipinski definition) is 6. The van der Waals surface area contributed by atoms with Gasteiger partial charge in [0.15, 0.2) is 5.65 Å². The molecule has 0 bridgehead atoms. The molecule has 0 radical (unpaired) electrons. The minimum absolute atomic E-state index is 0.0791. The lowest BCUT2D eigenvalue weighted by atomic mass is 9.77. The van der Waals surface area contributed by atoms with Crippen molar-refractivity contribution in [3.63, 3.8) is 0 Å². The van der Waals surface area contributed by atoms with Crippen molar-refractivity contribution in [1.29, 1.82) is 0 Å². The zero-order valence-corrected chi connectivity index (χ0v) is 17.6. The Hall–Kier alpha value is -3.05. The summed E-state index contributed by atoms with van der Waals surface area (Å²) in [5.74, 6) is 0.643. The van der Waals surface area contributed by atoms with Crippen LogP contribution in [-0.4, -0.2) is 57.3 Å². The van der Waals surface area contributed by atoms with Crippen LogP contribution in [0.15, 0.2) is 30.7 Å². The highest BCUT2D eigenvalue weighted by molar-refractivity contribution is 5.71. The van der Waals surface area contributed by atoms with Crippen molar-refractivity contribution >= 4 is 22.7 Å². The van der Waals surface area contributed by atoms with Crippen LogP contribution in [0, 0.1) is 5.41 Å². The van der Waals surface area contributed by atoms with Gasteiger partial charge in [0, 0.05) is 26.2 Å². The molecule has 0 N–H and O–H groups in total. The van der Waals surface area contributed by atoms with E-state index in [1.165, 1.54) is 23.1 Å². The second-order valence-corrected chi connectivity index (χ2v) is 8.71. The average Bonchev–Trinajstić information content (AvgIpc) is 3.38. The number of aromatic nitrogens is 5. The lowest BCUT2D eigenvalue weighted by molar-refractivity contribution is -0.141. The SMILES string of the molecule is FC(F)Cn1ncc2ncc(N3CCC4(CCN(c5ccc(C(F)(F)F)nc5)CC4)C3)nc21. The van der Waals surface area contributed by atoms with Crippen LogP contribution in [0.5, 0.6) is 0 Å². The summed E-state index contributed by atoms with van der Waals surface area (Å²) in [5, 5.41) is 3.96. The normalized spacial score (nSPS) is 18.7. The molecule has 2 aliphatic rings. The first kappa shape index (κ1) is 21.8. The Labute approximate surface area is 186 Å². The standard InChI is InChI=1S/C21H22F5N7/c22-17(23)12-33-19-15(10-29-33)27-11-18(30-19)32-8-5-20(13-32)3-6-31(7-4-20)14-1-2-16(28-9-14)21(24,25)26/h1-2,9-11,17H,3-8,12-13H2. The molecule has 3 aromatic heterocycles. The minimum Gasteiger partial charge on any atom is -0.370 e. The minimum atomic E-state index is -4.44. The van der Waals surface area contributed by atoms with E-state index in [9.17, 15) is 22.0 Å². The smallest absolute Gasteiger partial charge is 0.370 e. The van der Waals surface area contributed by atoms with Gasteiger partial charge in [0.2, 0.25) is 0 Å². The van der Waals surface area contributed by atoms with Crippen LogP contribution in [0.2, 0.25) is 0 Å². The Bertz CT molecular complexity index is 1120. The Kier molecular flexibility index (Phi) is 5.32. The molecule has 0 saturated carbocycles. The van der Waals surface area contributed by atoms with E-state index in [2.05, 4.69) is 29.9 Å². The number of halogens is 5. The summed E-state index contributed by atoms with van der Waals surface area (Å²) in [7, 11) is 0. The lowest BCUT2D eigenvalue weighted by Gasteiger charge is -2.40. The molecule has 176 valence electrons. The van der Waals surface area contributed by atoms with Crippen molar-refractivity contribution in [1.82, 2.24) is 24.7 Å². The van der Waals surface area contributed by atoms with Crippen molar-refractivity contribution in [3.05, 3.63) is 36.4 Å². The molecule has 0 amide bonds. The summed E-state index contributed by atoms with van der Waals surface area (Å²) in [6, 6.07) is 2.49. The molecule has 2 saturated heterocycles. The molecule has 7 nitrogen and oxygen atoms in total. The van der Waals surface area contributed by atoms with E-state index >= 15 is 0 Å². The monoisotopic (exact) mass is 467 g/mol.